The number of aryl methyl sites for hydroxylation is 1. The van der Waals surface area contributed by atoms with E-state index in [9.17, 15) is 9.18 Å². The SMILES string of the molecule is Cn1ncc(C(=O)O)c1CNc1ccc(Cl)cc1F. The molecule has 0 saturated heterocycles. The Morgan fingerprint density at radius 3 is 2.95 bits per heavy atom. The van der Waals surface area contributed by atoms with Crippen molar-refractivity contribution >= 4 is 23.3 Å². The van der Waals surface area contributed by atoms with Crippen molar-refractivity contribution < 1.29 is 14.3 Å². The van der Waals surface area contributed by atoms with Gasteiger partial charge in [-0.2, -0.15) is 5.10 Å². The summed E-state index contributed by atoms with van der Waals surface area (Å²) in [5.41, 5.74) is 0.799. The van der Waals surface area contributed by atoms with Crippen LogP contribution in [-0.2, 0) is 13.6 Å². The summed E-state index contributed by atoms with van der Waals surface area (Å²) in [7, 11) is 1.63. The Labute approximate surface area is 113 Å². The summed E-state index contributed by atoms with van der Waals surface area (Å²) in [5, 5.41) is 16.0. The quantitative estimate of drug-likeness (QED) is 0.905. The predicted octanol–water partition coefficient (Wildman–Crippen LogP) is 2.52. The van der Waals surface area contributed by atoms with Crippen LogP contribution < -0.4 is 5.32 Å². The smallest absolute Gasteiger partial charge is 0.339 e. The van der Waals surface area contributed by atoms with E-state index < -0.39 is 11.8 Å². The van der Waals surface area contributed by atoms with Crippen molar-refractivity contribution in [1.29, 1.82) is 0 Å². The summed E-state index contributed by atoms with van der Waals surface area (Å²) >= 11 is 5.65. The van der Waals surface area contributed by atoms with Crippen molar-refractivity contribution in [3.63, 3.8) is 0 Å². The fourth-order valence-corrected chi connectivity index (χ4v) is 1.82. The molecule has 1 heterocycles. The Morgan fingerprint density at radius 2 is 2.32 bits per heavy atom. The number of benzene rings is 1. The van der Waals surface area contributed by atoms with E-state index in [4.69, 9.17) is 16.7 Å². The highest BCUT2D eigenvalue weighted by molar-refractivity contribution is 6.30. The third kappa shape index (κ3) is 2.85. The molecule has 19 heavy (non-hydrogen) atoms. The zero-order valence-corrected chi connectivity index (χ0v) is 10.8. The molecule has 0 aliphatic heterocycles. The zero-order valence-electron chi connectivity index (χ0n) is 10.0. The summed E-state index contributed by atoms with van der Waals surface area (Å²) in [5.74, 6) is -1.56. The van der Waals surface area contributed by atoms with Gasteiger partial charge in [0.05, 0.1) is 24.1 Å². The highest BCUT2D eigenvalue weighted by Crippen LogP contribution is 2.20. The third-order valence-electron chi connectivity index (χ3n) is 2.67. The number of carboxylic acid groups (broad SMARTS) is 1. The van der Waals surface area contributed by atoms with Crippen molar-refractivity contribution in [3.05, 3.63) is 46.5 Å². The summed E-state index contributed by atoms with van der Waals surface area (Å²) in [6.45, 7) is 0.149. The predicted molar refractivity (Wildman–Crippen MR) is 68.9 cm³/mol. The van der Waals surface area contributed by atoms with Gasteiger partial charge in [-0.3, -0.25) is 4.68 Å². The van der Waals surface area contributed by atoms with Crippen molar-refractivity contribution in [2.24, 2.45) is 7.05 Å². The summed E-state index contributed by atoms with van der Waals surface area (Å²) < 4.78 is 15.0. The number of hydrogen-bond acceptors (Lipinski definition) is 3. The molecular formula is C12H11ClFN3O2. The molecule has 2 aromatic rings. The van der Waals surface area contributed by atoms with Crippen LogP contribution in [0.2, 0.25) is 5.02 Å². The minimum atomic E-state index is -1.07. The first-order chi connectivity index (χ1) is 8.99. The molecule has 2 rings (SSSR count). The van der Waals surface area contributed by atoms with Crippen molar-refractivity contribution in [1.82, 2.24) is 9.78 Å². The second-order valence-electron chi connectivity index (χ2n) is 3.91. The minimum Gasteiger partial charge on any atom is -0.478 e. The van der Waals surface area contributed by atoms with Gasteiger partial charge in [-0.15, -0.1) is 0 Å². The Hall–Kier alpha value is -2.08. The number of nitrogens with zero attached hydrogens (tertiary/aromatic N) is 2. The first-order valence-corrected chi connectivity index (χ1v) is 5.80. The van der Waals surface area contributed by atoms with Gasteiger partial charge in [-0.25, -0.2) is 9.18 Å². The largest absolute Gasteiger partial charge is 0.478 e. The first kappa shape index (κ1) is 13.4. The first-order valence-electron chi connectivity index (χ1n) is 5.42. The van der Waals surface area contributed by atoms with E-state index in [0.717, 1.165) is 0 Å². The minimum absolute atomic E-state index is 0.0874. The van der Waals surface area contributed by atoms with E-state index in [1.165, 1.54) is 23.0 Å². The summed E-state index contributed by atoms with van der Waals surface area (Å²) in [6.07, 6.45) is 1.26. The number of nitrogens with one attached hydrogen (secondary N) is 1. The number of carboxylic acids is 1. The van der Waals surface area contributed by atoms with Crippen LogP contribution in [-0.4, -0.2) is 20.9 Å². The van der Waals surface area contributed by atoms with Crippen molar-refractivity contribution in [2.75, 3.05) is 5.32 Å². The van der Waals surface area contributed by atoms with Crippen LogP contribution in [0.25, 0.3) is 0 Å². The lowest BCUT2D eigenvalue weighted by Gasteiger charge is -2.09. The van der Waals surface area contributed by atoms with Crippen LogP contribution in [0.5, 0.6) is 0 Å². The van der Waals surface area contributed by atoms with Crippen LogP contribution in [0.15, 0.2) is 24.4 Å². The van der Waals surface area contributed by atoms with Crippen LogP contribution in [0.4, 0.5) is 10.1 Å². The van der Waals surface area contributed by atoms with Gasteiger partial charge in [-0.1, -0.05) is 11.6 Å². The lowest BCUT2D eigenvalue weighted by atomic mass is 10.2. The van der Waals surface area contributed by atoms with Crippen molar-refractivity contribution in [3.8, 4) is 0 Å². The van der Waals surface area contributed by atoms with E-state index in [1.54, 1.807) is 13.1 Å². The number of halogens is 2. The molecule has 0 amide bonds. The molecule has 2 N–H and O–H groups in total. The number of aromatic nitrogens is 2. The second kappa shape index (κ2) is 5.27. The number of aromatic carboxylic acids is 1. The van der Waals surface area contributed by atoms with Crippen molar-refractivity contribution in [2.45, 2.75) is 6.54 Å². The highest BCUT2D eigenvalue weighted by Gasteiger charge is 2.15. The molecule has 0 aliphatic rings. The zero-order chi connectivity index (χ0) is 14.0. The normalized spacial score (nSPS) is 10.5. The van der Waals surface area contributed by atoms with Gasteiger partial charge in [0.25, 0.3) is 0 Å². The van der Waals surface area contributed by atoms with E-state index in [-0.39, 0.29) is 17.8 Å². The number of anilines is 1. The number of hydrogen-bond donors (Lipinski definition) is 2. The lowest BCUT2D eigenvalue weighted by molar-refractivity contribution is 0.0695. The van der Waals surface area contributed by atoms with Gasteiger partial charge in [0.2, 0.25) is 0 Å². The Bertz CT molecular complexity index is 627. The summed E-state index contributed by atoms with van der Waals surface area (Å²) in [6, 6.07) is 4.23. The van der Waals surface area contributed by atoms with Gasteiger partial charge in [0.1, 0.15) is 11.4 Å². The standard InChI is InChI=1S/C12H11ClFN3O2/c1-17-11(8(5-16-17)12(18)19)6-15-10-3-2-7(13)4-9(10)14/h2-5,15H,6H2,1H3,(H,18,19). The molecule has 7 heteroatoms. The Morgan fingerprint density at radius 1 is 1.58 bits per heavy atom. The van der Waals surface area contributed by atoms with Gasteiger partial charge in [-0.05, 0) is 18.2 Å². The second-order valence-corrected chi connectivity index (χ2v) is 4.35. The maximum absolute atomic E-state index is 13.6. The average molecular weight is 284 g/mol. The van der Waals surface area contributed by atoms with Crippen LogP contribution in [0.3, 0.4) is 0 Å². The Kier molecular flexibility index (Phi) is 3.71. The van der Waals surface area contributed by atoms with E-state index in [1.807, 2.05) is 0 Å². The maximum Gasteiger partial charge on any atom is 0.339 e. The maximum atomic E-state index is 13.6. The lowest BCUT2D eigenvalue weighted by Crippen LogP contribution is -2.10. The molecule has 0 aliphatic carbocycles. The fourth-order valence-electron chi connectivity index (χ4n) is 1.66. The molecule has 0 unspecified atom stereocenters. The van der Waals surface area contributed by atoms with Gasteiger partial charge < -0.3 is 10.4 Å². The van der Waals surface area contributed by atoms with Gasteiger partial charge in [0, 0.05) is 12.1 Å². The molecule has 0 bridgehead atoms. The molecule has 0 saturated carbocycles. The van der Waals surface area contributed by atoms with E-state index in [0.29, 0.717) is 10.7 Å². The molecule has 0 atom stereocenters. The third-order valence-corrected chi connectivity index (χ3v) is 2.90. The highest BCUT2D eigenvalue weighted by atomic mass is 35.5. The fraction of sp³-hybridized carbons (Fsp3) is 0.167. The molecule has 1 aromatic carbocycles. The average Bonchev–Trinajstić information content (AvgIpc) is 2.70. The molecule has 100 valence electrons. The Balaban J connectivity index is 2.19. The molecule has 1 aromatic heterocycles. The number of rotatable bonds is 4. The molecule has 0 radical (unpaired) electrons. The van der Waals surface area contributed by atoms with E-state index in [2.05, 4.69) is 10.4 Å². The van der Waals surface area contributed by atoms with Crippen LogP contribution >= 0.6 is 11.6 Å². The monoisotopic (exact) mass is 283 g/mol. The molecule has 5 nitrogen and oxygen atoms in total. The van der Waals surface area contributed by atoms with Crippen LogP contribution in [0, 0.1) is 5.82 Å². The van der Waals surface area contributed by atoms with Gasteiger partial charge in [0.15, 0.2) is 0 Å². The van der Waals surface area contributed by atoms with Crippen LogP contribution in [0.1, 0.15) is 16.1 Å². The molecule has 0 fully saturated rings. The molecule has 0 spiro atoms. The molecular weight excluding hydrogens is 273 g/mol. The topological polar surface area (TPSA) is 67.2 Å². The summed E-state index contributed by atoms with van der Waals surface area (Å²) in [4.78, 5) is 11.0. The van der Waals surface area contributed by atoms with E-state index >= 15 is 0 Å². The van der Waals surface area contributed by atoms with Gasteiger partial charge >= 0.3 is 5.97 Å². The number of carbonyl (C=O) groups is 1.